The fourth-order valence-electron chi connectivity index (χ4n) is 2.16. The predicted octanol–water partition coefficient (Wildman–Crippen LogP) is 4.26. The van der Waals surface area contributed by atoms with Gasteiger partial charge in [0.25, 0.3) is 0 Å². The molecule has 0 atom stereocenters. The van der Waals surface area contributed by atoms with Crippen LogP contribution in [0.1, 0.15) is 6.42 Å². The van der Waals surface area contributed by atoms with E-state index >= 15 is 0 Å². The second kappa shape index (κ2) is 6.48. The van der Waals surface area contributed by atoms with Gasteiger partial charge in [0.15, 0.2) is 0 Å². The van der Waals surface area contributed by atoms with Gasteiger partial charge in [-0.2, -0.15) is 0 Å². The van der Waals surface area contributed by atoms with Crippen LogP contribution in [0.15, 0.2) is 60.7 Å². The van der Waals surface area contributed by atoms with Crippen LogP contribution in [-0.4, -0.2) is 13.2 Å². The molecule has 1 aliphatic heterocycles. The molecule has 0 bridgehead atoms. The molecule has 1 fully saturated rings. The first kappa shape index (κ1) is 13.1. The molecule has 1 saturated heterocycles. The molecule has 3 heteroatoms. The van der Waals surface area contributed by atoms with Crippen LogP contribution in [-0.2, 0) is 14.8 Å². The molecule has 0 radical (unpaired) electrons. The van der Waals surface area contributed by atoms with Gasteiger partial charge >= 0.3 is 0 Å². The summed E-state index contributed by atoms with van der Waals surface area (Å²) >= 11 is 0. The highest BCUT2D eigenvalue weighted by atomic mass is 17.5. The van der Waals surface area contributed by atoms with Crippen molar-refractivity contribution in [3.63, 3.8) is 0 Å². The van der Waals surface area contributed by atoms with Crippen molar-refractivity contribution in [2.75, 3.05) is 13.2 Å². The fraction of sp³-hybridized carbons (Fsp3) is 0.176. The average molecular weight is 268 g/mol. The Balaban J connectivity index is 0.000000170. The van der Waals surface area contributed by atoms with Gasteiger partial charge in [0, 0.05) is 6.42 Å². The van der Waals surface area contributed by atoms with Gasteiger partial charge in [-0.05, 0) is 33.7 Å². The Morgan fingerprint density at radius 3 is 1.25 bits per heavy atom. The Labute approximate surface area is 117 Å². The second-order valence-corrected chi connectivity index (χ2v) is 4.61. The quantitative estimate of drug-likeness (QED) is 0.450. The third kappa shape index (κ3) is 3.14. The Bertz CT molecular complexity index is 573. The van der Waals surface area contributed by atoms with Gasteiger partial charge in [-0.25, -0.2) is 9.78 Å². The summed E-state index contributed by atoms with van der Waals surface area (Å²) < 4.78 is 0. The van der Waals surface area contributed by atoms with E-state index in [9.17, 15) is 0 Å². The largest absolute Gasteiger partial charge is 0.206 e. The van der Waals surface area contributed by atoms with E-state index in [2.05, 4.69) is 75.5 Å². The molecule has 0 N–H and O–H groups in total. The molecular formula is C17H16O3. The Hall–Kier alpha value is -1.94. The fourth-order valence-corrected chi connectivity index (χ4v) is 2.16. The van der Waals surface area contributed by atoms with E-state index in [0.29, 0.717) is 13.2 Å². The lowest BCUT2D eigenvalue weighted by atomic mass is 10.0. The molecular weight excluding hydrogens is 252 g/mol. The highest BCUT2D eigenvalue weighted by molar-refractivity contribution is 5.98. The highest BCUT2D eigenvalue weighted by Gasteiger charge is 1.97. The molecule has 0 unspecified atom stereocenters. The molecule has 3 nitrogen and oxygen atoms in total. The smallest absolute Gasteiger partial charge is 0.0877 e. The van der Waals surface area contributed by atoms with Gasteiger partial charge in [0.2, 0.25) is 0 Å². The molecule has 0 saturated carbocycles. The van der Waals surface area contributed by atoms with E-state index in [1.807, 2.05) is 0 Å². The van der Waals surface area contributed by atoms with Gasteiger partial charge < -0.3 is 0 Å². The monoisotopic (exact) mass is 268 g/mol. The Morgan fingerprint density at radius 1 is 0.600 bits per heavy atom. The molecule has 102 valence electrons. The van der Waals surface area contributed by atoms with E-state index in [4.69, 9.17) is 0 Å². The van der Waals surface area contributed by atoms with E-state index in [0.717, 1.165) is 6.42 Å². The first-order valence-corrected chi connectivity index (χ1v) is 6.72. The lowest BCUT2D eigenvalue weighted by molar-refractivity contribution is -0.532. The highest BCUT2D eigenvalue weighted by Crippen LogP contribution is 2.21. The first-order valence-electron chi connectivity index (χ1n) is 6.72. The summed E-state index contributed by atoms with van der Waals surface area (Å²) in [6, 6.07) is 21.4. The molecule has 4 rings (SSSR count). The van der Waals surface area contributed by atoms with Gasteiger partial charge in [-0.1, -0.05) is 53.6 Å². The lowest BCUT2D eigenvalue weighted by Crippen LogP contribution is -2.08. The first-order chi connectivity index (χ1) is 9.93. The minimum absolute atomic E-state index is 0.653. The Kier molecular flexibility index (Phi) is 4.23. The number of hydrogen-bond acceptors (Lipinski definition) is 3. The van der Waals surface area contributed by atoms with Crippen LogP contribution in [0.4, 0.5) is 0 Å². The van der Waals surface area contributed by atoms with Crippen molar-refractivity contribution in [3.05, 3.63) is 60.7 Å². The summed E-state index contributed by atoms with van der Waals surface area (Å²) in [7, 11) is 0. The number of fused-ring (bicyclic) bond motifs is 2. The minimum atomic E-state index is 0.653. The van der Waals surface area contributed by atoms with Crippen molar-refractivity contribution in [3.8, 4) is 0 Å². The van der Waals surface area contributed by atoms with Crippen LogP contribution in [0.3, 0.4) is 0 Å². The van der Waals surface area contributed by atoms with Crippen molar-refractivity contribution < 1.29 is 14.8 Å². The van der Waals surface area contributed by atoms with Crippen molar-refractivity contribution in [1.29, 1.82) is 0 Å². The zero-order valence-corrected chi connectivity index (χ0v) is 11.1. The summed E-state index contributed by atoms with van der Waals surface area (Å²) in [6.07, 6.45) is 0.931. The van der Waals surface area contributed by atoms with E-state index in [1.54, 1.807) is 0 Å². The lowest BCUT2D eigenvalue weighted by Gasteiger charge is -2.06. The molecule has 0 spiro atoms. The topological polar surface area (TPSA) is 27.7 Å². The SMILES string of the molecule is C1COOOC1.c1ccc2cc3ccccc3cc2c1. The van der Waals surface area contributed by atoms with Crippen molar-refractivity contribution in [2.45, 2.75) is 6.42 Å². The third-order valence-corrected chi connectivity index (χ3v) is 3.17. The maximum atomic E-state index is 4.35. The zero-order valence-electron chi connectivity index (χ0n) is 11.1. The van der Waals surface area contributed by atoms with Crippen molar-refractivity contribution in [2.24, 2.45) is 0 Å². The van der Waals surface area contributed by atoms with Crippen LogP contribution in [0.25, 0.3) is 21.5 Å². The second-order valence-electron chi connectivity index (χ2n) is 4.61. The maximum Gasteiger partial charge on any atom is 0.0877 e. The van der Waals surface area contributed by atoms with Gasteiger partial charge in [0.1, 0.15) is 0 Å². The molecule has 0 aromatic heterocycles. The van der Waals surface area contributed by atoms with Crippen LogP contribution in [0.5, 0.6) is 0 Å². The number of benzene rings is 3. The molecule has 1 heterocycles. The van der Waals surface area contributed by atoms with Crippen LogP contribution >= 0.6 is 0 Å². The Morgan fingerprint density at radius 2 is 1.00 bits per heavy atom. The third-order valence-electron chi connectivity index (χ3n) is 3.17. The molecule has 20 heavy (non-hydrogen) atoms. The summed E-state index contributed by atoms with van der Waals surface area (Å²) in [6.45, 7) is 1.31. The molecule has 0 aliphatic carbocycles. The normalized spacial score (nSPS) is 14.8. The van der Waals surface area contributed by atoms with E-state index < -0.39 is 0 Å². The van der Waals surface area contributed by atoms with Gasteiger partial charge in [0.05, 0.1) is 13.2 Å². The zero-order chi connectivity index (χ0) is 13.6. The standard InChI is InChI=1S/C14H10.C3H6O3/c1-2-6-12-10-14-8-4-3-7-13(14)9-11(12)5-1;1-2-4-6-5-3-1/h1-10H;1-3H2. The number of hydrogen-bond donors (Lipinski definition) is 0. The van der Waals surface area contributed by atoms with Gasteiger partial charge in [-0.3, -0.25) is 0 Å². The van der Waals surface area contributed by atoms with Crippen LogP contribution in [0, 0.1) is 0 Å². The van der Waals surface area contributed by atoms with Crippen LogP contribution < -0.4 is 0 Å². The van der Waals surface area contributed by atoms with Crippen LogP contribution in [0.2, 0.25) is 0 Å². The van der Waals surface area contributed by atoms with Crippen molar-refractivity contribution >= 4 is 21.5 Å². The molecule has 0 amide bonds. The maximum absolute atomic E-state index is 4.35. The molecule has 1 aliphatic rings. The molecule has 3 aromatic rings. The predicted molar refractivity (Wildman–Crippen MR) is 79.1 cm³/mol. The average Bonchev–Trinajstić information content (AvgIpc) is 2.55. The summed E-state index contributed by atoms with van der Waals surface area (Å²) in [5.41, 5.74) is 0. The van der Waals surface area contributed by atoms with E-state index in [-0.39, 0.29) is 0 Å². The van der Waals surface area contributed by atoms with Gasteiger partial charge in [-0.15, -0.1) is 0 Å². The summed E-state index contributed by atoms with van der Waals surface area (Å²) in [5.74, 6) is 0. The summed E-state index contributed by atoms with van der Waals surface area (Å²) in [5, 5.41) is 9.31. The van der Waals surface area contributed by atoms with E-state index in [1.165, 1.54) is 21.5 Å². The molecule has 3 aromatic carbocycles. The summed E-state index contributed by atoms with van der Waals surface area (Å²) in [4.78, 5) is 8.69. The number of rotatable bonds is 0. The van der Waals surface area contributed by atoms with Crippen molar-refractivity contribution in [1.82, 2.24) is 0 Å². The minimum Gasteiger partial charge on any atom is -0.206 e.